The first-order valence-electron chi connectivity index (χ1n) is 7.30. The van der Waals surface area contributed by atoms with Gasteiger partial charge < -0.3 is 11.1 Å². The van der Waals surface area contributed by atoms with Crippen LogP contribution in [0.3, 0.4) is 0 Å². The van der Waals surface area contributed by atoms with Crippen LogP contribution in [0.1, 0.15) is 33.1 Å². The summed E-state index contributed by atoms with van der Waals surface area (Å²) in [5, 5.41) is 3.78. The van der Waals surface area contributed by atoms with Gasteiger partial charge in [0.15, 0.2) is 15.7 Å². The fourth-order valence-corrected chi connectivity index (χ4v) is 4.93. The van der Waals surface area contributed by atoms with Gasteiger partial charge in [-0.3, -0.25) is 4.90 Å². The zero-order chi connectivity index (χ0) is 15.6. The SMILES string of the molecule is CCCS(=O)(=O)c1c(N)nsc1NCC(C)N(C)C1CC1. The second-order valence-corrected chi connectivity index (χ2v) is 8.49. The predicted molar refractivity (Wildman–Crippen MR) is 87.6 cm³/mol. The number of nitrogens with one attached hydrogen (secondary N) is 1. The molecule has 0 saturated heterocycles. The third-order valence-electron chi connectivity index (χ3n) is 3.83. The molecule has 1 unspecified atom stereocenters. The van der Waals surface area contributed by atoms with Gasteiger partial charge in [-0.25, -0.2) is 8.42 Å². The molecule has 0 radical (unpaired) electrons. The van der Waals surface area contributed by atoms with E-state index < -0.39 is 9.84 Å². The minimum atomic E-state index is -3.35. The average molecular weight is 332 g/mol. The number of anilines is 2. The van der Waals surface area contributed by atoms with Crippen LogP contribution in [0.5, 0.6) is 0 Å². The number of hydrogen-bond donors (Lipinski definition) is 2. The molecule has 1 aliphatic carbocycles. The molecule has 120 valence electrons. The third-order valence-corrected chi connectivity index (χ3v) is 6.76. The van der Waals surface area contributed by atoms with Crippen LogP contribution < -0.4 is 11.1 Å². The van der Waals surface area contributed by atoms with Gasteiger partial charge in [-0.1, -0.05) is 6.92 Å². The molecular weight excluding hydrogens is 308 g/mol. The van der Waals surface area contributed by atoms with Crippen molar-refractivity contribution < 1.29 is 8.42 Å². The standard InChI is InChI=1S/C13H24N4O2S2/c1-4-7-21(18,19)11-12(14)16-20-13(11)15-8-9(2)17(3)10-5-6-10/h9-10,15H,4-8H2,1-3H3,(H2,14,16). The summed E-state index contributed by atoms with van der Waals surface area (Å²) in [6, 6.07) is 1.01. The fourth-order valence-electron chi connectivity index (χ4n) is 2.30. The molecule has 0 aliphatic heterocycles. The molecule has 1 fully saturated rings. The van der Waals surface area contributed by atoms with Gasteiger partial charge in [-0.05, 0) is 44.8 Å². The molecule has 3 N–H and O–H groups in total. The molecule has 6 nitrogen and oxygen atoms in total. The van der Waals surface area contributed by atoms with Gasteiger partial charge in [0.1, 0.15) is 9.90 Å². The Morgan fingerprint density at radius 2 is 2.19 bits per heavy atom. The van der Waals surface area contributed by atoms with Gasteiger partial charge in [0.25, 0.3) is 0 Å². The Balaban J connectivity index is 2.07. The Hall–Kier alpha value is -0.860. The Morgan fingerprint density at radius 1 is 1.52 bits per heavy atom. The Labute approximate surface area is 130 Å². The van der Waals surface area contributed by atoms with E-state index in [9.17, 15) is 8.42 Å². The van der Waals surface area contributed by atoms with Crippen molar-refractivity contribution in [2.45, 2.75) is 50.1 Å². The van der Waals surface area contributed by atoms with Gasteiger partial charge in [0, 0.05) is 18.6 Å². The Bertz CT molecular complexity index is 581. The monoisotopic (exact) mass is 332 g/mol. The summed E-state index contributed by atoms with van der Waals surface area (Å²) in [6.45, 7) is 4.66. The molecule has 1 heterocycles. The van der Waals surface area contributed by atoms with Gasteiger partial charge in [-0.2, -0.15) is 4.37 Å². The van der Waals surface area contributed by atoms with Crippen molar-refractivity contribution in [1.82, 2.24) is 9.27 Å². The van der Waals surface area contributed by atoms with Gasteiger partial charge in [0.2, 0.25) is 0 Å². The van der Waals surface area contributed by atoms with Crippen LogP contribution in [0.15, 0.2) is 4.90 Å². The van der Waals surface area contributed by atoms with Gasteiger partial charge >= 0.3 is 0 Å². The van der Waals surface area contributed by atoms with Crippen molar-refractivity contribution in [1.29, 1.82) is 0 Å². The minimum absolute atomic E-state index is 0.0990. The van der Waals surface area contributed by atoms with Crippen molar-refractivity contribution in [3.8, 4) is 0 Å². The highest BCUT2D eigenvalue weighted by atomic mass is 32.2. The zero-order valence-corrected chi connectivity index (χ0v) is 14.4. The summed E-state index contributed by atoms with van der Waals surface area (Å²) in [5.74, 6) is 0.209. The lowest BCUT2D eigenvalue weighted by molar-refractivity contribution is 0.257. The summed E-state index contributed by atoms with van der Waals surface area (Å²) in [6.07, 6.45) is 3.08. The molecule has 0 bridgehead atoms. The van der Waals surface area contributed by atoms with E-state index in [1.165, 1.54) is 12.8 Å². The molecular formula is C13H24N4O2S2. The number of nitrogens with two attached hydrogens (primary N) is 1. The van der Waals surface area contributed by atoms with Crippen LogP contribution in [0.4, 0.5) is 10.8 Å². The second-order valence-electron chi connectivity index (χ2n) is 5.67. The molecule has 0 aromatic carbocycles. The molecule has 1 atom stereocenters. The van der Waals surface area contributed by atoms with Crippen molar-refractivity contribution in [3.05, 3.63) is 0 Å². The highest BCUT2D eigenvalue weighted by Gasteiger charge is 2.30. The zero-order valence-electron chi connectivity index (χ0n) is 12.8. The van der Waals surface area contributed by atoms with Crippen LogP contribution in [-0.2, 0) is 9.84 Å². The molecule has 8 heteroatoms. The van der Waals surface area contributed by atoms with E-state index >= 15 is 0 Å². The summed E-state index contributed by atoms with van der Waals surface area (Å²) in [7, 11) is -1.24. The maximum absolute atomic E-state index is 12.3. The smallest absolute Gasteiger partial charge is 0.185 e. The van der Waals surface area contributed by atoms with E-state index in [-0.39, 0.29) is 16.5 Å². The van der Waals surface area contributed by atoms with Crippen molar-refractivity contribution in [2.24, 2.45) is 0 Å². The van der Waals surface area contributed by atoms with Crippen LogP contribution in [-0.4, -0.2) is 49.1 Å². The number of sulfone groups is 1. The van der Waals surface area contributed by atoms with E-state index in [4.69, 9.17) is 5.73 Å². The minimum Gasteiger partial charge on any atom is -0.382 e. The highest BCUT2D eigenvalue weighted by molar-refractivity contribution is 7.91. The van der Waals surface area contributed by atoms with Crippen LogP contribution in [0.25, 0.3) is 0 Å². The molecule has 1 saturated carbocycles. The van der Waals surface area contributed by atoms with Crippen molar-refractivity contribution >= 4 is 32.2 Å². The normalized spacial score (nSPS) is 17.1. The average Bonchev–Trinajstić information content (AvgIpc) is 3.18. The summed E-state index contributed by atoms with van der Waals surface area (Å²) in [5.41, 5.74) is 5.75. The Kier molecular flexibility index (Phi) is 5.11. The first-order valence-corrected chi connectivity index (χ1v) is 9.73. The van der Waals surface area contributed by atoms with E-state index in [0.29, 0.717) is 30.1 Å². The lowest BCUT2D eigenvalue weighted by Crippen LogP contribution is -2.36. The summed E-state index contributed by atoms with van der Waals surface area (Å²) in [4.78, 5) is 2.51. The lowest BCUT2D eigenvalue weighted by atomic mass is 10.3. The van der Waals surface area contributed by atoms with Crippen molar-refractivity contribution in [2.75, 3.05) is 30.4 Å². The summed E-state index contributed by atoms with van der Waals surface area (Å²) >= 11 is 1.12. The molecule has 1 aromatic heterocycles. The van der Waals surface area contributed by atoms with E-state index in [1.807, 2.05) is 6.92 Å². The first kappa shape index (κ1) is 16.5. The third kappa shape index (κ3) is 3.87. The second kappa shape index (κ2) is 6.50. The number of nitrogens with zero attached hydrogens (tertiary/aromatic N) is 2. The Morgan fingerprint density at radius 3 is 2.76 bits per heavy atom. The number of nitrogen functional groups attached to an aromatic ring is 1. The molecule has 1 aromatic rings. The maximum atomic E-state index is 12.3. The van der Waals surface area contributed by atoms with Crippen LogP contribution in [0.2, 0.25) is 0 Å². The number of hydrogen-bond acceptors (Lipinski definition) is 7. The molecule has 2 rings (SSSR count). The van der Waals surface area contributed by atoms with Gasteiger partial charge in [0.05, 0.1) is 5.75 Å². The van der Waals surface area contributed by atoms with Crippen LogP contribution >= 0.6 is 11.5 Å². The van der Waals surface area contributed by atoms with Crippen molar-refractivity contribution in [3.63, 3.8) is 0 Å². The molecule has 21 heavy (non-hydrogen) atoms. The first-order chi connectivity index (χ1) is 9.86. The molecule has 0 spiro atoms. The van der Waals surface area contributed by atoms with E-state index in [0.717, 1.165) is 11.5 Å². The molecule has 1 aliphatic rings. The predicted octanol–water partition coefficient (Wildman–Crippen LogP) is 1.80. The maximum Gasteiger partial charge on any atom is 0.185 e. The number of likely N-dealkylation sites (N-methyl/N-ethyl adjacent to an activating group) is 1. The fraction of sp³-hybridized carbons (Fsp3) is 0.769. The lowest BCUT2D eigenvalue weighted by Gasteiger charge is -2.24. The number of rotatable bonds is 8. The summed E-state index contributed by atoms with van der Waals surface area (Å²) < 4.78 is 28.5. The largest absolute Gasteiger partial charge is 0.382 e. The van der Waals surface area contributed by atoms with E-state index in [2.05, 4.69) is 28.6 Å². The topological polar surface area (TPSA) is 88.3 Å². The number of aromatic nitrogens is 1. The molecule has 0 amide bonds. The quantitative estimate of drug-likeness (QED) is 0.755. The van der Waals surface area contributed by atoms with Crippen LogP contribution in [0, 0.1) is 0 Å². The van der Waals surface area contributed by atoms with Gasteiger partial charge in [-0.15, -0.1) is 0 Å². The highest BCUT2D eigenvalue weighted by Crippen LogP contribution is 2.33. The van der Waals surface area contributed by atoms with E-state index in [1.54, 1.807) is 0 Å².